The van der Waals surface area contributed by atoms with Gasteiger partial charge in [0.15, 0.2) is 0 Å². The van der Waals surface area contributed by atoms with E-state index in [-0.39, 0.29) is 16.5 Å². The number of benzene rings is 1. The van der Waals surface area contributed by atoms with E-state index in [1.165, 1.54) is 19.4 Å². The fourth-order valence-corrected chi connectivity index (χ4v) is 3.92. The van der Waals surface area contributed by atoms with Gasteiger partial charge < -0.3 is 14.0 Å². The van der Waals surface area contributed by atoms with Gasteiger partial charge in [0.2, 0.25) is 5.88 Å². The summed E-state index contributed by atoms with van der Waals surface area (Å²) in [6.45, 7) is 7.45. The first-order valence-corrected chi connectivity index (χ1v) is 10.2. The summed E-state index contributed by atoms with van der Waals surface area (Å²) in [6, 6.07) is 3.65. The fraction of sp³-hybridized carbons (Fsp3) is 0.389. The molecule has 1 fully saturated rings. The molecule has 0 spiro atoms. The maximum atomic E-state index is 13.4. The quantitative estimate of drug-likeness (QED) is 0.740. The van der Waals surface area contributed by atoms with Crippen molar-refractivity contribution >= 4 is 28.3 Å². The van der Waals surface area contributed by atoms with Crippen LogP contribution in [0.4, 0.5) is 14.5 Å². The molecular weight excluding hydrogens is 405 g/mol. The van der Waals surface area contributed by atoms with E-state index in [1.54, 1.807) is 0 Å². The molecule has 11 heteroatoms. The zero-order valence-electron chi connectivity index (χ0n) is 16.6. The molecule has 0 radical (unpaired) electrons. The Labute approximate surface area is 168 Å². The summed E-state index contributed by atoms with van der Waals surface area (Å²) in [6.07, 6.45) is 1.39. The number of anilines is 1. The first-order chi connectivity index (χ1) is 13.3. The predicted octanol–water partition coefficient (Wildman–Crippen LogP) is 2.47. The lowest BCUT2D eigenvalue weighted by Gasteiger charge is -2.32. The molecule has 0 saturated carbocycles. The Morgan fingerprint density at radius 2 is 1.59 bits per heavy atom. The topological polar surface area (TPSA) is 86.8 Å². The number of pyridine rings is 1. The molecule has 2 heterocycles. The van der Waals surface area contributed by atoms with Crippen LogP contribution in [0.5, 0.6) is 5.88 Å². The molecule has 156 valence electrons. The second-order valence-corrected chi connectivity index (χ2v) is 9.28. The van der Waals surface area contributed by atoms with Gasteiger partial charge in [0.1, 0.15) is 16.5 Å². The Morgan fingerprint density at radius 1 is 1.03 bits per heavy atom. The van der Waals surface area contributed by atoms with Crippen LogP contribution in [0.3, 0.4) is 0 Å². The van der Waals surface area contributed by atoms with Crippen molar-refractivity contribution in [2.75, 3.05) is 11.8 Å². The van der Waals surface area contributed by atoms with Crippen molar-refractivity contribution < 1.29 is 31.2 Å². The van der Waals surface area contributed by atoms with E-state index in [1.807, 2.05) is 27.7 Å². The van der Waals surface area contributed by atoms with Gasteiger partial charge >= 0.3 is 7.12 Å². The summed E-state index contributed by atoms with van der Waals surface area (Å²) < 4.78 is 71.6. The van der Waals surface area contributed by atoms with E-state index >= 15 is 0 Å². The van der Waals surface area contributed by atoms with Gasteiger partial charge in [0, 0.05) is 17.7 Å². The Kier molecular flexibility index (Phi) is 5.35. The van der Waals surface area contributed by atoms with Crippen LogP contribution < -0.4 is 14.9 Å². The summed E-state index contributed by atoms with van der Waals surface area (Å²) in [7, 11) is -3.87. The van der Waals surface area contributed by atoms with Crippen molar-refractivity contribution in [3.63, 3.8) is 0 Å². The van der Waals surface area contributed by atoms with Gasteiger partial charge in [0.25, 0.3) is 10.0 Å². The van der Waals surface area contributed by atoms with Gasteiger partial charge in [-0.05, 0) is 45.9 Å². The number of rotatable bonds is 5. The third kappa shape index (κ3) is 4.21. The van der Waals surface area contributed by atoms with Crippen LogP contribution in [0.15, 0.2) is 35.4 Å². The van der Waals surface area contributed by atoms with E-state index in [9.17, 15) is 17.2 Å². The molecule has 0 amide bonds. The highest BCUT2D eigenvalue weighted by Gasteiger charge is 2.52. The van der Waals surface area contributed by atoms with Crippen LogP contribution in [0.25, 0.3) is 0 Å². The molecular formula is C18H21BF2N2O5S. The third-order valence-electron chi connectivity index (χ3n) is 4.96. The summed E-state index contributed by atoms with van der Waals surface area (Å²) in [5.74, 6) is -2.02. The molecule has 1 N–H and O–H groups in total. The summed E-state index contributed by atoms with van der Waals surface area (Å²) in [4.78, 5) is 3.71. The molecule has 0 aliphatic carbocycles. The highest BCUT2D eigenvalue weighted by molar-refractivity contribution is 7.92. The van der Waals surface area contributed by atoms with Crippen molar-refractivity contribution in [3.05, 3.63) is 42.1 Å². The van der Waals surface area contributed by atoms with Crippen LogP contribution in [-0.2, 0) is 19.3 Å². The third-order valence-corrected chi connectivity index (χ3v) is 6.34. The molecule has 1 aliphatic rings. The van der Waals surface area contributed by atoms with Gasteiger partial charge in [-0.1, -0.05) is 0 Å². The molecule has 0 atom stereocenters. The number of nitrogens with zero attached hydrogens (tertiary/aromatic N) is 1. The van der Waals surface area contributed by atoms with Gasteiger partial charge in [-0.15, -0.1) is 0 Å². The highest BCUT2D eigenvalue weighted by atomic mass is 32.2. The molecule has 0 unspecified atom stereocenters. The second-order valence-electron chi connectivity index (χ2n) is 7.63. The molecule has 1 saturated heterocycles. The van der Waals surface area contributed by atoms with Gasteiger partial charge in [-0.25, -0.2) is 22.2 Å². The Bertz CT molecular complexity index is 1010. The molecule has 7 nitrogen and oxygen atoms in total. The van der Waals surface area contributed by atoms with Crippen LogP contribution in [0.1, 0.15) is 27.7 Å². The normalized spacial score (nSPS) is 18.0. The van der Waals surface area contributed by atoms with Crippen LogP contribution in [-0.4, -0.2) is 38.8 Å². The first kappa shape index (κ1) is 21.5. The number of ether oxygens (including phenoxy) is 1. The standard InChI is InChI=1S/C18H21BF2N2O5S/c1-17(2)18(3,4)28-19(27-17)11-6-15(16(26-5)22-10-11)29(24,25)23-14-8-12(20)7-13(21)9-14/h6-10,23H,1-5H3. The van der Waals surface area contributed by atoms with E-state index < -0.39 is 40.0 Å². The van der Waals surface area contributed by atoms with Gasteiger partial charge in [0.05, 0.1) is 24.0 Å². The van der Waals surface area contributed by atoms with Crippen molar-refractivity contribution in [2.45, 2.75) is 43.8 Å². The monoisotopic (exact) mass is 426 g/mol. The molecule has 29 heavy (non-hydrogen) atoms. The summed E-state index contributed by atoms with van der Waals surface area (Å²) in [5.41, 5.74) is -1.18. The number of sulfonamides is 1. The SMILES string of the molecule is COc1ncc(B2OC(C)(C)C(C)(C)O2)cc1S(=O)(=O)Nc1cc(F)cc(F)c1. The molecule has 1 aromatic carbocycles. The average Bonchev–Trinajstić information content (AvgIpc) is 2.80. The smallest absolute Gasteiger partial charge is 0.480 e. The molecule has 2 aromatic rings. The first-order valence-electron chi connectivity index (χ1n) is 8.73. The van der Waals surface area contributed by atoms with Crippen molar-refractivity contribution in [1.82, 2.24) is 4.98 Å². The Balaban J connectivity index is 1.99. The minimum atomic E-state index is -4.28. The molecule has 1 aliphatic heterocycles. The minimum Gasteiger partial charge on any atom is -0.480 e. The van der Waals surface area contributed by atoms with Crippen molar-refractivity contribution in [2.24, 2.45) is 0 Å². The second kappa shape index (κ2) is 7.23. The zero-order chi connectivity index (χ0) is 21.6. The lowest BCUT2D eigenvalue weighted by Crippen LogP contribution is -2.41. The highest BCUT2D eigenvalue weighted by Crippen LogP contribution is 2.36. The number of aromatic nitrogens is 1. The van der Waals surface area contributed by atoms with Crippen molar-refractivity contribution in [3.8, 4) is 5.88 Å². The summed E-state index contributed by atoms with van der Waals surface area (Å²) >= 11 is 0. The lowest BCUT2D eigenvalue weighted by molar-refractivity contribution is 0.00578. The number of hydrogen-bond acceptors (Lipinski definition) is 6. The number of methoxy groups -OCH3 is 1. The van der Waals surface area contributed by atoms with Crippen LogP contribution in [0.2, 0.25) is 0 Å². The summed E-state index contributed by atoms with van der Waals surface area (Å²) in [5, 5.41) is 0. The van der Waals surface area contributed by atoms with E-state index in [0.29, 0.717) is 11.5 Å². The number of nitrogens with one attached hydrogen (secondary N) is 1. The lowest BCUT2D eigenvalue weighted by atomic mass is 9.80. The zero-order valence-corrected chi connectivity index (χ0v) is 17.4. The maximum Gasteiger partial charge on any atom is 0.496 e. The van der Waals surface area contributed by atoms with Crippen molar-refractivity contribution in [1.29, 1.82) is 0 Å². The predicted molar refractivity (Wildman–Crippen MR) is 104 cm³/mol. The molecule has 0 bridgehead atoms. The largest absolute Gasteiger partial charge is 0.496 e. The number of halogens is 2. The van der Waals surface area contributed by atoms with Crippen LogP contribution >= 0.6 is 0 Å². The molecule has 3 rings (SSSR count). The van der Waals surface area contributed by atoms with Crippen LogP contribution in [0, 0.1) is 11.6 Å². The Morgan fingerprint density at radius 3 is 2.10 bits per heavy atom. The fourth-order valence-electron chi connectivity index (χ4n) is 2.72. The minimum absolute atomic E-state index is 0.186. The number of hydrogen-bond donors (Lipinski definition) is 1. The van der Waals surface area contributed by atoms with Gasteiger partial charge in [-0.3, -0.25) is 4.72 Å². The Hall–Kier alpha value is -2.24. The average molecular weight is 426 g/mol. The molecule has 1 aromatic heterocycles. The van der Waals surface area contributed by atoms with Gasteiger partial charge in [-0.2, -0.15) is 0 Å². The maximum absolute atomic E-state index is 13.4. The van der Waals surface area contributed by atoms with E-state index in [0.717, 1.165) is 12.1 Å². The van der Waals surface area contributed by atoms with E-state index in [2.05, 4.69) is 9.71 Å². The van der Waals surface area contributed by atoms with E-state index in [4.69, 9.17) is 14.0 Å².